The summed E-state index contributed by atoms with van der Waals surface area (Å²) in [5, 5.41) is 0. The summed E-state index contributed by atoms with van der Waals surface area (Å²) in [6.45, 7) is 1.33. The van der Waals surface area contributed by atoms with Crippen molar-refractivity contribution >= 4 is 0 Å². The topological polar surface area (TPSA) is 18.5 Å². The SMILES string of the molecule is FC1(F)C[C@@H](CCOCc2ccccc2)CO[C@@H]1c1ccccc1. The van der Waals surface area contributed by atoms with Crippen LogP contribution in [0, 0.1) is 5.92 Å². The summed E-state index contributed by atoms with van der Waals surface area (Å²) in [4.78, 5) is 0. The normalized spacial score (nSPS) is 23.1. The average molecular weight is 332 g/mol. The lowest BCUT2D eigenvalue weighted by atomic mass is 9.89. The number of alkyl halides is 2. The van der Waals surface area contributed by atoms with Gasteiger partial charge < -0.3 is 9.47 Å². The van der Waals surface area contributed by atoms with E-state index in [0.29, 0.717) is 31.8 Å². The molecule has 1 heterocycles. The highest BCUT2D eigenvalue weighted by Crippen LogP contribution is 2.43. The van der Waals surface area contributed by atoms with Crippen LogP contribution in [-0.4, -0.2) is 19.1 Å². The number of ether oxygens (including phenoxy) is 2. The van der Waals surface area contributed by atoms with Crippen LogP contribution in [0.5, 0.6) is 0 Å². The molecule has 1 aliphatic rings. The number of halogens is 2. The van der Waals surface area contributed by atoms with Crippen LogP contribution >= 0.6 is 0 Å². The molecule has 0 radical (unpaired) electrons. The van der Waals surface area contributed by atoms with Gasteiger partial charge in [0.05, 0.1) is 13.2 Å². The second-order valence-corrected chi connectivity index (χ2v) is 6.28. The first-order chi connectivity index (χ1) is 11.6. The highest BCUT2D eigenvalue weighted by Gasteiger charge is 2.46. The molecule has 2 atom stereocenters. The van der Waals surface area contributed by atoms with Gasteiger partial charge in [0, 0.05) is 13.0 Å². The third kappa shape index (κ3) is 4.40. The lowest BCUT2D eigenvalue weighted by Crippen LogP contribution is -2.38. The molecule has 0 unspecified atom stereocenters. The Morgan fingerprint density at radius 2 is 1.67 bits per heavy atom. The van der Waals surface area contributed by atoms with E-state index in [1.807, 2.05) is 36.4 Å². The molecule has 0 amide bonds. The first kappa shape index (κ1) is 17.1. The number of hydrogen-bond donors (Lipinski definition) is 0. The van der Waals surface area contributed by atoms with Crippen LogP contribution in [-0.2, 0) is 16.1 Å². The molecule has 2 aromatic rings. The van der Waals surface area contributed by atoms with Gasteiger partial charge >= 0.3 is 0 Å². The summed E-state index contributed by atoms with van der Waals surface area (Å²) < 4.78 is 39.9. The molecule has 2 aromatic carbocycles. The zero-order valence-corrected chi connectivity index (χ0v) is 13.5. The standard InChI is InChI=1S/C20H22F2O2/c21-20(22)13-17(11-12-23-14-16-7-3-1-4-8-16)15-24-19(20)18-9-5-2-6-10-18/h1-10,17,19H,11-15H2/t17-,19-/m1/s1. The highest BCUT2D eigenvalue weighted by molar-refractivity contribution is 5.20. The molecular formula is C20H22F2O2. The van der Waals surface area contributed by atoms with Gasteiger partial charge in [-0.2, -0.15) is 0 Å². The van der Waals surface area contributed by atoms with E-state index in [2.05, 4.69) is 0 Å². The largest absolute Gasteiger partial charge is 0.377 e. The second-order valence-electron chi connectivity index (χ2n) is 6.28. The van der Waals surface area contributed by atoms with E-state index in [-0.39, 0.29) is 12.3 Å². The highest BCUT2D eigenvalue weighted by atomic mass is 19.3. The molecule has 0 aliphatic carbocycles. The quantitative estimate of drug-likeness (QED) is 0.693. The van der Waals surface area contributed by atoms with Crippen LogP contribution < -0.4 is 0 Å². The van der Waals surface area contributed by atoms with Crippen molar-refractivity contribution in [2.45, 2.75) is 31.5 Å². The Kier molecular flexibility index (Phi) is 5.59. The van der Waals surface area contributed by atoms with E-state index < -0.39 is 12.0 Å². The van der Waals surface area contributed by atoms with Gasteiger partial charge in [-0.15, -0.1) is 0 Å². The first-order valence-corrected chi connectivity index (χ1v) is 8.31. The maximum atomic E-state index is 14.4. The minimum atomic E-state index is -2.84. The fourth-order valence-electron chi connectivity index (χ4n) is 3.07. The second kappa shape index (κ2) is 7.86. The molecule has 0 saturated carbocycles. The van der Waals surface area contributed by atoms with Gasteiger partial charge in [-0.1, -0.05) is 60.7 Å². The Morgan fingerprint density at radius 3 is 2.33 bits per heavy atom. The van der Waals surface area contributed by atoms with E-state index in [0.717, 1.165) is 5.56 Å². The fraction of sp³-hybridized carbons (Fsp3) is 0.400. The van der Waals surface area contributed by atoms with Crippen molar-refractivity contribution in [3.05, 3.63) is 71.8 Å². The van der Waals surface area contributed by atoms with Crippen molar-refractivity contribution in [3.8, 4) is 0 Å². The van der Waals surface area contributed by atoms with Gasteiger partial charge in [0.15, 0.2) is 0 Å². The molecule has 2 nitrogen and oxygen atoms in total. The predicted octanol–water partition coefficient (Wildman–Crippen LogP) is 5.01. The summed E-state index contributed by atoms with van der Waals surface area (Å²) in [6, 6.07) is 18.6. The zero-order chi connectivity index (χ0) is 16.8. The van der Waals surface area contributed by atoms with E-state index in [1.165, 1.54) is 0 Å². The van der Waals surface area contributed by atoms with Crippen molar-refractivity contribution in [1.82, 2.24) is 0 Å². The third-order valence-electron chi connectivity index (χ3n) is 4.33. The number of hydrogen-bond acceptors (Lipinski definition) is 2. The van der Waals surface area contributed by atoms with Crippen LogP contribution in [0.2, 0.25) is 0 Å². The van der Waals surface area contributed by atoms with Crippen LogP contribution in [0.25, 0.3) is 0 Å². The summed E-state index contributed by atoms with van der Waals surface area (Å²) in [5.41, 5.74) is 1.63. The van der Waals surface area contributed by atoms with Gasteiger partial charge in [-0.3, -0.25) is 0 Å². The molecule has 4 heteroatoms. The van der Waals surface area contributed by atoms with Crippen molar-refractivity contribution in [1.29, 1.82) is 0 Å². The molecule has 1 saturated heterocycles. The Hall–Kier alpha value is -1.78. The van der Waals surface area contributed by atoms with E-state index in [9.17, 15) is 8.78 Å². The summed E-state index contributed by atoms with van der Waals surface area (Å²) in [6.07, 6.45) is -0.703. The van der Waals surface area contributed by atoms with Gasteiger partial charge in [0.2, 0.25) is 0 Å². The lowest BCUT2D eigenvalue weighted by Gasteiger charge is -2.36. The van der Waals surface area contributed by atoms with Crippen molar-refractivity contribution < 1.29 is 18.3 Å². The Labute approximate surface area is 141 Å². The van der Waals surface area contributed by atoms with Gasteiger partial charge in [0.25, 0.3) is 5.92 Å². The molecule has 3 rings (SSSR count). The monoisotopic (exact) mass is 332 g/mol. The zero-order valence-electron chi connectivity index (χ0n) is 13.5. The molecule has 24 heavy (non-hydrogen) atoms. The van der Waals surface area contributed by atoms with E-state index in [4.69, 9.17) is 9.47 Å². The maximum Gasteiger partial charge on any atom is 0.278 e. The molecular weight excluding hydrogens is 310 g/mol. The van der Waals surface area contributed by atoms with Gasteiger partial charge in [0.1, 0.15) is 6.10 Å². The molecule has 0 bridgehead atoms. The summed E-state index contributed by atoms with van der Waals surface area (Å²) in [5.74, 6) is -3.01. The molecule has 0 spiro atoms. The van der Waals surface area contributed by atoms with Crippen LogP contribution in [0.4, 0.5) is 8.78 Å². The Bertz CT molecular complexity index is 616. The van der Waals surface area contributed by atoms with Crippen molar-refractivity contribution in [2.24, 2.45) is 5.92 Å². The van der Waals surface area contributed by atoms with E-state index in [1.54, 1.807) is 24.3 Å². The maximum absolute atomic E-state index is 14.4. The van der Waals surface area contributed by atoms with E-state index >= 15 is 0 Å². The lowest BCUT2D eigenvalue weighted by molar-refractivity contribution is -0.195. The number of benzene rings is 2. The molecule has 1 aliphatic heterocycles. The molecule has 128 valence electrons. The number of rotatable bonds is 6. The Morgan fingerprint density at radius 1 is 1.00 bits per heavy atom. The predicted molar refractivity (Wildman–Crippen MR) is 88.9 cm³/mol. The minimum Gasteiger partial charge on any atom is -0.377 e. The third-order valence-corrected chi connectivity index (χ3v) is 4.33. The van der Waals surface area contributed by atoms with Crippen molar-refractivity contribution in [2.75, 3.05) is 13.2 Å². The fourth-order valence-corrected chi connectivity index (χ4v) is 3.07. The average Bonchev–Trinajstić information content (AvgIpc) is 2.60. The Balaban J connectivity index is 1.46. The summed E-state index contributed by atoms with van der Waals surface area (Å²) >= 11 is 0. The first-order valence-electron chi connectivity index (χ1n) is 8.31. The van der Waals surface area contributed by atoms with Gasteiger partial charge in [-0.25, -0.2) is 8.78 Å². The van der Waals surface area contributed by atoms with Crippen LogP contribution in [0.15, 0.2) is 60.7 Å². The van der Waals surface area contributed by atoms with Crippen molar-refractivity contribution in [3.63, 3.8) is 0 Å². The minimum absolute atomic E-state index is 0.152. The molecule has 1 fully saturated rings. The summed E-state index contributed by atoms with van der Waals surface area (Å²) in [7, 11) is 0. The smallest absolute Gasteiger partial charge is 0.278 e. The molecule has 0 N–H and O–H groups in total. The van der Waals surface area contributed by atoms with Crippen LogP contribution in [0.1, 0.15) is 30.1 Å². The van der Waals surface area contributed by atoms with Gasteiger partial charge in [-0.05, 0) is 23.5 Å². The van der Waals surface area contributed by atoms with Crippen LogP contribution in [0.3, 0.4) is 0 Å². The molecule has 0 aromatic heterocycles.